The molecule has 0 unspecified atom stereocenters. The van der Waals surface area contributed by atoms with Crippen LogP contribution < -0.4 is 4.74 Å². The summed E-state index contributed by atoms with van der Waals surface area (Å²) >= 11 is 1.56. The molecule has 122 valence electrons. The topological polar surface area (TPSA) is 65.5 Å². The summed E-state index contributed by atoms with van der Waals surface area (Å²) in [6.07, 6.45) is 1.13. The van der Waals surface area contributed by atoms with E-state index in [1.165, 1.54) is 0 Å². The molecule has 1 aromatic carbocycles. The first-order valence-electron chi connectivity index (χ1n) is 7.40. The number of aromatic nitrogens is 1. The molecule has 2 rings (SSSR count). The SMILES string of the molecule is CCC(=O)c1ccc(OCC(=O)OCCc2scnc2C)cc1. The summed E-state index contributed by atoms with van der Waals surface area (Å²) in [4.78, 5) is 28.4. The number of benzene rings is 1. The zero-order valence-corrected chi connectivity index (χ0v) is 14.0. The van der Waals surface area contributed by atoms with Crippen LogP contribution in [0.25, 0.3) is 0 Å². The van der Waals surface area contributed by atoms with E-state index in [1.807, 2.05) is 13.8 Å². The monoisotopic (exact) mass is 333 g/mol. The zero-order chi connectivity index (χ0) is 16.7. The molecule has 0 atom stereocenters. The quantitative estimate of drug-likeness (QED) is 0.548. The third-order valence-electron chi connectivity index (χ3n) is 3.29. The molecule has 0 aliphatic carbocycles. The van der Waals surface area contributed by atoms with Crippen LogP contribution in [0.15, 0.2) is 29.8 Å². The molecule has 0 radical (unpaired) electrons. The highest BCUT2D eigenvalue weighted by molar-refractivity contribution is 7.09. The van der Waals surface area contributed by atoms with Crippen molar-refractivity contribution in [3.05, 3.63) is 45.9 Å². The Balaban J connectivity index is 1.71. The van der Waals surface area contributed by atoms with Gasteiger partial charge in [-0.25, -0.2) is 9.78 Å². The summed E-state index contributed by atoms with van der Waals surface area (Å²) in [5, 5.41) is 0. The van der Waals surface area contributed by atoms with E-state index in [2.05, 4.69) is 4.98 Å². The molecule has 0 aliphatic rings. The van der Waals surface area contributed by atoms with Gasteiger partial charge in [-0.1, -0.05) is 6.92 Å². The number of carbonyl (C=O) groups excluding carboxylic acids is 2. The van der Waals surface area contributed by atoms with Crippen molar-refractivity contribution in [2.75, 3.05) is 13.2 Å². The minimum atomic E-state index is -0.416. The van der Waals surface area contributed by atoms with Crippen LogP contribution in [0.4, 0.5) is 0 Å². The Kier molecular flexibility index (Phi) is 6.29. The van der Waals surface area contributed by atoms with Gasteiger partial charge in [0.2, 0.25) is 0 Å². The molecule has 0 spiro atoms. The fourth-order valence-electron chi connectivity index (χ4n) is 1.95. The predicted molar refractivity (Wildman–Crippen MR) is 88.1 cm³/mol. The Hall–Kier alpha value is -2.21. The Bertz CT molecular complexity index is 663. The van der Waals surface area contributed by atoms with Crippen molar-refractivity contribution < 1.29 is 19.1 Å². The van der Waals surface area contributed by atoms with Crippen molar-refractivity contribution in [3.63, 3.8) is 0 Å². The van der Waals surface area contributed by atoms with Crippen molar-refractivity contribution in [2.45, 2.75) is 26.7 Å². The molecular weight excluding hydrogens is 314 g/mol. The standard InChI is InChI=1S/C17H19NO4S/c1-3-15(19)13-4-6-14(7-5-13)22-10-17(20)21-9-8-16-12(2)18-11-23-16/h4-7,11H,3,8-10H2,1-2H3. The van der Waals surface area contributed by atoms with Crippen molar-refractivity contribution in [2.24, 2.45) is 0 Å². The number of thiazole rings is 1. The van der Waals surface area contributed by atoms with E-state index in [0.717, 1.165) is 10.6 Å². The first-order valence-corrected chi connectivity index (χ1v) is 8.28. The molecule has 0 saturated carbocycles. The van der Waals surface area contributed by atoms with Crippen LogP contribution in [-0.4, -0.2) is 30.0 Å². The smallest absolute Gasteiger partial charge is 0.344 e. The minimum absolute atomic E-state index is 0.0781. The number of aryl methyl sites for hydroxylation is 1. The molecule has 0 bridgehead atoms. The Labute approximate surface area is 139 Å². The van der Waals surface area contributed by atoms with Crippen LogP contribution in [0.5, 0.6) is 5.75 Å². The normalized spacial score (nSPS) is 10.3. The molecule has 1 heterocycles. The molecule has 0 fully saturated rings. The van der Waals surface area contributed by atoms with E-state index < -0.39 is 5.97 Å². The number of hydrogen-bond acceptors (Lipinski definition) is 6. The van der Waals surface area contributed by atoms with Crippen molar-refractivity contribution in [1.29, 1.82) is 0 Å². The minimum Gasteiger partial charge on any atom is -0.482 e. The average Bonchev–Trinajstić information content (AvgIpc) is 2.98. The Morgan fingerprint density at radius 3 is 2.57 bits per heavy atom. The maximum absolute atomic E-state index is 11.6. The van der Waals surface area contributed by atoms with Crippen molar-refractivity contribution in [1.82, 2.24) is 4.98 Å². The molecule has 5 nitrogen and oxygen atoms in total. The number of hydrogen-bond donors (Lipinski definition) is 0. The summed E-state index contributed by atoms with van der Waals surface area (Å²) < 4.78 is 10.5. The highest BCUT2D eigenvalue weighted by Gasteiger charge is 2.07. The van der Waals surface area contributed by atoms with E-state index >= 15 is 0 Å². The van der Waals surface area contributed by atoms with Gasteiger partial charge in [-0.2, -0.15) is 0 Å². The number of ether oxygens (including phenoxy) is 2. The van der Waals surface area contributed by atoms with Crippen LogP contribution in [0.3, 0.4) is 0 Å². The van der Waals surface area contributed by atoms with E-state index in [-0.39, 0.29) is 12.4 Å². The van der Waals surface area contributed by atoms with Gasteiger partial charge in [0, 0.05) is 23.3 Å². The van der Waals surface area contributed by atoms with Gasteiger partial charge in [-0.15, -0.1) is 11.3 Å². The second-order valence-electron chi connectivity index (χ2n) is 4.92. The maximum atomic E-state index is 11.6. The molecule has 0 aliphatic heterocycles. The summed E-state index contributed by atoms with van der Waals surface area (Å²) in [6, 6.07) is 6.74. The fraction of sp³-hybridized carbons (Fsp3) is 0.353. The van der Waals surface area contributed by atoms with Crippen molar-refractivity contribution >= 4 is 23.1 Å². The van der Waals surface area contributed by atoms with Gasteiger partial charge in [0.1, 0.15) is 5.75 Å². The largest absolute Gasteiger partial charge is 0.482 e. The first-order chi connectivity index (χ1) is 11.1. The lowest BCUT2D eigenvalue weighted by Gasteiger charge is -2.07. The zero-order valence-electron chi connectivity index (χ0n) is 13.2. The molecule has 2 aromatic rings. The molecule has 0 saturated heterocycles. The number of carbonyl (C=O) groups is 2. The van der Waals surface area contributed by atoms with Gasteiger partial charge in [0.25, 0.3) is 0 Å². The molecule has 6 heteroatoms. The van der Waals surface area contributed by atoms with E-state index in [0.29, 0.717) is 30.8 Å². The fourth-order valence-corrected chi connectivity index (χ4v) is 2.71. The van der Waals surface area contributed by atoms with Crippen LogP contribution in [0.2, 0.25) is 0 Å². The summed E-state index contributed by atoms with van der Waals surface area (Å²) in [6.45, 7) is 3.91. The molecular formula is C17H19NO4S. The van der Waals surface area contributed by atoms with Crippen LogP contribution in [0.1, 0.15) is 34.3 Å². The second kappa shape index (κ2) is 8.43. The number of Topliss-reactive ketones (excluding diaryl/α,β-unsaturated/α-hetero) is 1. The third-order valence-corrected chi connectivity index (χ3v) is 4.29. The van der Waals surface area contributed by atoms with Crippen LogP contribution in [-0.2, 0) is 16.0 Å². The van der Waals surface area contributed by atoms with Gasteiger partial charge in [0.05, 0.1) is 17.8 Å². The lowest BCUT2D eigenvalue weighted by Crippen LogP contribution is -2.16. The lowest BCUT2D eigenvalue weighted by molar-refractivity contribution is -0.145. The van der Waals surface area contributed by atoms with E-state index in [4.69, 9.17) is 9.47 Å². The van der Waals surface area contributed by atoms with Crippen molar-refractivity contribution in [3.8, 4) is 5.75 Å². The second-order valence-corrected chi connectivity index (χ2v) is 5.86. The number of rotatable bonds is 8. The van der Waals surface area contributed by atoms with Gasteiger partial charge in [-0.05, 0) is 31.2 Å². The molecule has 23 heavy (non-hydrogen) atoms. The third kappa shape index (κ3) is 5.17. The van der Waals surface area contributed by atoms with E-state index in [1.54, 1.807) is 41.1 Å². The van der Waals surface area contributed by atoms with Crippen LogP contribution in [0, 0.1) is 6.92 Å². The highest BCUT2D eigenvalue weighted by atomic mass is 32.1. The van der Waals surface area contributed by atoms with Gasteiger partial charge < -0.3 is 9.47 Å². The summed E-state index contributed by atoms with van der Waals surface area (Å²) in [5.74, 6) is 0.197. The molecule has 0 amide bonds. The number of esters is 1. The lowest BCUT2D eigenvalue weighted by atomic mass is 10.1. The number of nitrogens with zero attached hydrogens (tertiary/aromatic N) is 1. The Morgan fingerprint density at radius 1 is 1.22 bits per heavy atom. The van der Waals surface area contributed by atoms with E-state index in [9.17, 15) is 9.59 Å². The van der Waals surface area contributed by atoms with Gasteiger partial charge >= 0.3 is 5.97 Å². The molecule has 0 N–H and O–H groups in total. The average molecular weight is 333 g/mol. The van der Waals surface area contributed by atoms with Gasteiger partial charge in [-0.3, -0.25) is 4.79 Å². The summed E-state index contributed by atoms with van der Waals surface area (Å²) in [7, 11) is 0. The van der Waals surface area contributed by atoms with Gasteiger partial charge in [0.15, 0.2) is 12.4 Å². The highest BCUT2D eigenvalue weighted by Crippen LogP contribution is 2.14. The van der Waals surface area contributed by atoms with Crippen LogP contribution >= 0.6 is 11.3 Å². The summed E-state index contributed by atoms with van der Waals surface area (Å²) in [5.41, 5.74) is 3.40. The predicted octanol–water partition coefficient (Wildman–Crippen LogP) is 3.21. The number of ketones is 1. The molecule has 1 aromatic heterocycles. The Morgan fingerprint density at radius 2 is 1.96 bits per heavy atom. The maximum Gasteiger partial charge on any atom is 0.344 e. The first kappa shape index (κ1) is 17.1.